The number of carbonyl (C=O) groups is 1. The van der Waals surface area contributed by atoms with Gasteiger partial charge in [0.25, 0.3) is 0 Å². The molecule has 7 heteroatoms. The Morgan fingerprint density at radius 1 is 1.34 bits per heavy atom. The number of hydrogen-bond donors (Lipinski definition) is 1. The van der Waals surface area contributed by atoms with E-state index in [1.54, 1.807) is 18.4 Å². The average molecular weight is 417 g/mol. The van der Waals surface area contributed by atoms with Crippen LogP contribution in [0.1, 0.15) is 35.1 Å². The minimum Gasteiger partial charge on any atom is -0.496 e. The van der Waals surface area contributed by atoms with Gasteiger partial charge in [0.15, 0.2) is 0 Å². The van der Waals surface area contributed by atoms with Gasteiger partial charge in [-0.15, -0.1) is 11.3 Å². The summed E-state index contributed by atoms with van der Waals surface area (Å²) in [7, 11) is 5.74. The molecular weight excluding hydrogens is 384 g/mol. The molecule has 1 aromatic heterocycles. The quantitative estimate of drug-likeness (QED) is 0.717. The predicted molar refractivity (Wildman–Crippen MR) is 117 cm³/mol. The van der Waals surface area contributed by atoms with Gasteiger partial charge in [-0.3, -0.25) is 9.69 Å². The predicted octanol–water partition coefficient (Wildman–Crippen LogP) is 3.09. The number of rotatable bonds is 8. The summed E-state index contributed by atoms with van der Waals surface area (Å²) in [5, 5.41) is 6.43. The molecule has 1 atom stereocenters. The van der Waals surface area contributed by atoms with Crippen molar-refractivity contribution in [2.75, 3.05) is 40.8 Å². The Hall–Kier alpha value is -1.96. The van der Waals surface area contributed by atoms with Crippen LogP contribution in [0.3, 0.4) is 0 Å². The van der Waals surface area contributed by atoms with Gasteiger partial charge < -0.3 is 15.0 Å². The molecule has 3 rings (SSSR count). The second-order valence-corrected chi connectivity index (χ2v) is 8.94. The molecule has 1 aliphatic rings. The summed E-state index contributed by atoms with van der Waals surface area (Å²) in [5.41, 5.74) is 2.23. The second-order valence-electron chi connectivity index (χ2n) is 7.87. The molecule has 158 valence electrons. The number of amides is 1. The Morgan fingerprint density at radius 2 is 2.07 bits per heavy atom. The minimum atomic E-state index is 0.0723. The highest BCUT2D eigenvalue weighted by Crippen LogP contribution is 2.28. The van der Waals surface area contributed by atoms with E-state index in [1.165, 1.54) is 0 Å². The summed E-state index contributed by atoms with van der Waals surface area (Å²) in [6.45, 7) is 5.38. The number of ether oxygens (including phenoxy) is 1. The largest absolute Gasteiger partial charge is 0.496 e. The lowest BCUT2D eigenvalue weighted by molar-refractivity contribution is -0.126. The first-order valence-corrected chi connectivity index (χ1v) is 11.1. The van der Waals surface area contributed by atoms with Crippen molar-refractivity contribution in [3.05, 3.63) is 45.9 Å². The maximum atomic E-state index is 12.8. The van der Waals surface area contributed by atoms with Gasteiger partial charge in [0.2, 0.25) is 5.91 Å². The van der Waals surface area contributed by atoms with E-state index in [4.69, 9.17) is 4.74 Å². The number of likely N-dealkylation sites (N-methyl/N-ethyl adjacent to an activating group) is 1. The fraction of sp³-hybridized carbons (Fsp3) is 0.545. The van der Waals surface area contributed by atoms with E-state index in [0.29, 0.717) is 6.54 Å². The van der Waals surface area contributed by atoms with E-state index in [9.17, 15) is 4.79 Å². The molecule has 6 nitrogen and oxygen atoms in total. The third kappa shape index (κ3) is 5.78. The van der Waals surface area contributed by atoms with Gasteiger partial charge in [-0.2, -0.15) is 0 Å². The van der Waals surface area contributed by atoms with Crippen LogP contribution in [0.25, 0.3) is 0 Å². The molecule has 1 aromatic carbocycles. The molecule has 0 saturated carbocycles. The molecule has 0 aliphatic carbocycles. The topological polar surface area (TPSA) is 57.7 Å². The van der Waals surface area contributed by atoms with Crippen LogP contribution in [0.5, 0.6) is 5.75 Å². The second kappa shape index (κ2) is 10.2. The normalized spacial score (nSPS) is 16.7. The lowest BCUT2D eigenvalue weighted by atomic mass is 9.95. The van der Waals surface area contributed by atoms with Gasteiger partial charge in [0.05, 0.1) is 23.9 Å². The summed E-state index contributed by atoms with van der Waals surface area (Å²) in [5.74, 6) is 1.10. The van der Waals surface area contributed by atoms with E-state index >= 15 is 0 Å². The molecule has 2 heterocycles. The summed E-state index contributed by atoms with van der Waals surface area (Å²) in [6.07, 6.45) is 1.80. The number of nitrogens with zero attached hydrogens (tertiary/aromatic N) is 3. The Morgan fingerprint density at radius 3 is 2.69 bits per heavy atom. The fourth-order valence-corrected chi connectivity index (χ4v) is 4.52. The molecule has 1 amide bonds. The van der Waals surface area contributed by atoms with Crippen molar-refractivity contribution in [2.24, 2.45) is 5.92 Å². The Balaban J connectivity index is 1.51. The minimum absolute atomic E-state index is 0.0723. The standard InChI is InChI=1S/C22H32N4O2S/c1-16-24-18(15-29-16)14-26-11-9-17(10-12-26)22(27)23-13-20(25(2)3)19-7-5-6-8-21(19)28-4/h5-8,15,17,20H,9-14H2,1-4H3,(H,23,27). The first-order chi connectivity index (χ1) is 14.0. The van der Waals surface area contributed by atoms with Gasteiger partial charge >= 0.3 is 0 Å². The number of benzene rings is 1. The van der Waals surface area contributed by atoms with Crippen molar-refractivity contribution >= 4 is 17.2 Å². The molecule has 2 aromatic rings. The number of aromatic nitrogens is 1. The van der Waals surface area contributed by atoms with E-state index < -0.39 is 0 Å². The SMILES string of the molecule is COc1ccccc1C(CNC(=O)C1CCN(Cc2csc(C)n2)CC1)N(C)C. The Bertz CT molecular complexity index is 800. The highest BCUT2D eigenvalue weighted by atomic mass is 32.1. The molecule has 0 spiro atoms. The molecule has 1 fully saturated rings. The van der Waals surface area contributed by atoms with Gasteiger partial charge in [-0.1, -0.05) is 18.2 Å². The third-order valence-corrected chi connectivity index (χ3v) is 6.42. The molecule has 1 saturated heterocycles. The number of methoxy groups -OCH3 is 1. The maximum absolute atomic E-state index is 12.8. The smallest absolute Gasteiger partial charge is 0.223 e. The first kappa shape index (κ1) is 21.7. The van der Waals surface area contributed by atoms with Gasteiger partial charge in [0, 0.05) is 30.0 Å². The van der Waals surface area contributed by atoms with E-state index in [1.807, 2.05) is 39.2 Å². The lowest BCUT2D eigenvalue weighted by Crippen LogP contribution is -2.42. The number of nitrogens with one attached hydrogen (secondary N) is 1. The summed E-state index contributed by atoms with van der Waals surface area (Å²) >= 11 is 1.70. The fourth-order valence-electron chi connectivity index (χ4n) is 3.92. The van der Waals surface area contributed by atoms with Crippen LogP contribution in [0.2, 0.25) is 0 Å². The highest BCUT2D eigenvalue weighted by Gasteiger charge is 2.26. The van der Waals surface area contributed by atoms with Crippen LogP contribution in [-0.2, 0) is 11.3 Å². The van der Waals surface area contributed by atoms with Crippen LogP contribution in [0.15, 0.2) is 29.6 Å². The first-order valence-electron chi connectivity index (χ1n) is 10.2. The van der Waals surface area contributed by atoms with Crippen LogP contribution in [-0.4, -0.2) is 61.5 Å². The van der Waals surface area contributed by atoms with Crippen LogP contribution < -0.4 is 10.1 Å². The number of aryl methyl sites for hydroxylation is 1. The van der Waals surface area contributed by atoms with Crippen molar-refractivity contribution in [3.8, 4) is 5.75 Å². The van der Waals surface area contributed by atoms with Crippen molar-refractivity contribution in [3.63, 3.8) is 0 Å². The van der Waals surface area contributed by atoms with Crippen molar-refractivity contribution in [1.29, 1.82) is 0 Å². The van der Waals surface area contributed by atoms with Crippen LogP contribution in [0.4, 0.5) is 0 Å². The number of piperidine rings is 1. The molecule has 0 radical (unpaired) electrons. The summed E-state index contributed by atoms with van der Waals surface area (Å²) in [4.78, 5) is 21.9. The molecule has 1 unspecified atom stereocenters. The highest BCUT2D eigenvalue weighted by molar-refractivity contribution is 7.09. The zero-order chi connectivity index (χ0) is 20.8. The van der Waals surface area contributed by atoms with E-state index in [2.05, 4.69) is 31.5 Å². The number of likely N-dealkylation sites (tertiary alicyclic amines) is 1. The monoisotopic (exact) mass is 416 g/mol. The molecule has 1 N–H and O–H groups in total. The number of thiazole rings is 1. The molecule has 0 bridgehead atoms. The van der Waals surface area contributed by atoms with Crippen LogP contribution in [0, 0.1) is 12.8 Å². The van der Waals surface area contributed by atoms with Gasteiger partial charge in [0.1, 0.15) is 5.75 Å². The average Bonchev–Trinajstić information content (AvgIpc) is 3.13. The molecular formula is C22H32N4O2S. The summed E-state index contributed by atoms with van der Waals surface area (Å²) < 4.78 is 5.51. The van der Waals surface area contributed by atoms with Crippen molar-refractivity contribution in [2.45, 2.75) is 32.4 Å². The lowest BCUT2D eigenvalue weighted by Gasteiger charge is -2.32. The Labute approximate surface area is 177 Å². The Kier molecular flexibility index (Phi) is 7.64. The molecule has 29 heavy (non-hydrogen) atoms. The van der Waals surface area contributed by atoms with Crippen LogP contribution >= 0.6 is 11.3 Å². The molecule has 1 aliphatic heterocycles. The maximum Gasteiger partial charge on any atom is 0.223 e. The van der Waals surface area contributed by atoms with E-state index in [-0.39, 0.29) is 17.9 Å². The summed E-state index contributed by atoms with van der Waals surface area (Å²) in [6, 6.07) is 8.08. The van der Waals surface area contributed by atoms with Gasteiger partial charge in [-0.25, -0.2) is 4.98 Å². The van der Waals surface area contributed by atoms with Gasteiger partial charge in [-0.05, 0) is 53.0 Å². The van der Waals surface area contributed by atoms with Crippen molar-refractivity contribution < 1.29 is 9.53 Å². The van der Waals surface area contributed by atoms with Crippen molar-refractivity contribution in [1.82, 2.24) is 20.1 Å². The van der Waals surface area contributed by atoms with E-state index in [0.717, 1.165) is 54.5 Å². The zero-order valence-electron chi connectivity index (χ0n) is 17.9. The third-order valence-electron chi connectivity index (χ3n) is 5.60. The number of hydrogen-bond acceptors (Lipinski definition) is 6. The zero-order valence-corrected chi connectivity index (χ0v) is 18.7. The number of para-hydroxylation sites is 1. The number of carbonyl (C=O) groups excluding carboxylic acids is 1.